The van der Waals surface area contributed by atoms with Crippen LogP contribution in [0.2, 0.25) is 5.02 Å². The Morgan fingerprint density at radius 2 is 1.80 bits per heavy atom. The van der Waals surface area contributed by atoms with Crippen LogP contribution in [0.4, 0.5) is 17.2 Å². The molecule has 1 heterocycles. The Hall–Kier alpha value is -2.92. The summed E-state index contributed by atoms with van der Waals surface area (Å²) in [4.78, 5) is 20.7. The molecule has 1 aromatic heterocycles. The van der Waals surface area contributed by atoms with Crippen molar-refractivity contribution in [3.8, 4) is 0 Å². The molecular formula is C19H17ClN4O. The topological polar surface area (TPSA) is 66.9 Å². The zero-order chi connectivity index (χ0) is 17.8. The first kappa shape index (κ1) is 16.9. The number of rotatable bonds is 4. The third kappa shape index (κ3) is 4.33. The van der Waals surface area contributed by atoms with Crippen molar-refractivity contribution in [3.63, 3.8) is 0 Å². The number of hydrogen-bond acceptors (Lipinski definition) is 4. The number of nitrogens with zero attached hydrogens (tertiary/aromatic N) is 2. The molecule has 0 saturated carbocycles. The Labute approximate surface area is 151 Å². The quantitative estimate of drug-likeness (QED) is 0.711. The van der Waals surface area contributed by atoms with Gasteiger partial charge in [0.1, 0.15) is 11.5 Å². The van der Waals surface area contributed by atoms with E-state index in [1.807, 2.05) is 44.2 Å². The fourth-order valence-electron chi connectivity index (χ4n) is 2.24. The van der Waals surface area contributed by atoms with Crippen molar-refractivity contribution < 1.29 is 4.79 Å². The molecule has 5 nitrogen and oxygen atoms in total. The normalized spacial score (nSPS) is 10.4. The van der Waals surface area contributed by atoms with E-state index in [0.29, 0.717) is 10.8 Å². The average molecular weight is 353 g/mol. The first-order valence-corrected chi connectivity index (χ1v) is 8.12. The minimum Gasteiger partial charge on any atom is -0.339 e. The van der Waals surface area contributed by atoms with E-state index in [1.165, 1.54) is 18.0 Å². The van der Waals surface area contributed by atoms with Crippen LogP contribution in [0.3, 0.4) is 0 Å². The van der Waals surface area contributed by atoms with E-state index in [2.05, 4.69) is 20.6 Å². The number of carbonyl (C=O) groups is 1. The third-order valence-corrected chi connectivity index (χ3v) is 3.98. The molecule has 0 aliphatic carbocycles. The molecule has 1 amide bonds. The van der Waals surface area contributed by atoms with Crippen LogP contribution in [0, 0.1) is 13.8 Å². The molecule has 3 rings (SSSR count). The number of hydrogen-bond donors (Lipinski definition) is 2. The lowest BCUT2D eigenvalue weighted by Crippen LogP contribution is -2.14. The van der Waals surface area contributed by atoms with Gasteiger partial charge in [-0.05, 0) is 55.3 Å². The SMILES string of the molecule is Cc1ccc(NC(=O)c2cnc(Nc3cccc(Cl)c3)cn2)cc1C. The van der Waals surface area contributed by atoms with Crippen molar-refractivity contribution in [2.75, 3.05) is 10.6 Å². The van der Waals surface area contributed by atoms with Gasteiger partial charge in [-0.3, -0.25) is 4.79 Å². The second kappa shape index (κ2) is 7.32. The van der Waals surface area contributed by atoms with Crippen molar-refractivity contribution in [2.45, 2.75) is 13.8 Å². The van der Waals surface area contributed by atoms with Crippen LogP contribution in [-0.2, 0) is 0 Å². The minimum atomic E-state index is -0.301. The average Bonchev–Trinajstić information content (AvgIpc) is 2.59. The number of halogens is 1. The van der Waals surface area contributed by atoms with Crippen LogP contribution < -0.4 is 10.6 Å². The van der Waals surface area contributed by atoms with Gasteiger partial charge >= 0.3 is 0 Å². The smallest absolute Gasteiger partial charge is 0.275 e. The Morgan fingerprint density at radius 1 is 0.960 bits per heavy atom. The second-order valence-electron chi connectivity index (χ2n) is 5.68. The summed E-state index contributed by atoms with van der Waals surface area (Å²) in [5.41, 5.74) is 4.07. The summed E-state index contributed by atoms with van der Waals surface area (Å²) in [6.45, 7) is 4.03. The largest absolute Gasteiger partial charge is 0.339 e. The molecule has 25 heavy (non-hydrogen) atoms. The van der Waals surface area contributed by atoms with Crippen LogP contribution in [-0.4, -0.2) is 15.9 Å². The van der Waals surface area contributed by atoms with Crippen molar-refractivity contribution in [1.29, 1.82) is 0 Å². The van der Waals surface area contributed by atoms with E-state index in [0.717, 1.165) is 16.9 Å². The fourth-order valence-corrected chi connectivity index (χ4v) is 2.43. The number of anilines is 3. The van der Waals surface area contributed by atoms with E-state index < -0.39 is 0 Å². The number of amides is 1. The number of benzene rings is 2. The Morgan fingerprint density at radius 3 is 2.48 bits per heavy atom. The molecule has 2 N–H and O–H groups in total. The van der Waals surface area contributed by atoms with E-state index >= 15 is 0 Å². The molecule has 0 saturated heterocycles. The zero-order valence-corrected chi connectivity index (χ0v) is 14.6. The van der Waals surface area contributed by atoms with E-state index in [9.17, 15) is 4.79 Å². The van der Waals surface area contributed by atoms with Gasteiger partial charge in [0.15, 0.2) is 0 Å². The number of aryl methyl sites for hydroxylation is 2. The van der Waals surface area contributed by atoms with Gasteiger partial charge in [0, 0.05) is 16.4 Å². The molecule has 0 spiro atoms. The molecule has 0 aliphatic rings. The molecule has 0 bridgehead atoms. The molecule has 6 heteroatoms. The molecule has 0 unspecified atom stereocenters. The van der Waals surface area contributed by atoms with Crippen molar-refractivity contribution in [2.24, 2.45) is 0 Å². The number of nitrogens with one attached hydrogen (secondary N) is 2. The monoisotopic (exact) mass is 352 g/mol. The molecule has 126 valence electrons. The van der Waals surface area contributed by atoms with Gasteiger partial charge in [-0.1, -0.05) is 23.7 Å². The second-order valence-corrected chi connectivity index (χ2v) is 6.11. The predicted molar refractivity (Wildman–Crippen MR) is 101 cm³/mol. The standard InChI is InChI=1S/C19H17ClN4O/c1-12-6-7-16(8-13(12)2)24-19(25)17-10-22-18(11-21-17)23-15-5-3-4-14(20)9-15/h3-11H,1-2H3,(H,22,23)(H,24,25). The highest BCUT2D eigenvalue weighted by molar-refractivity contribution is 6.30. The van der Waals surface area contributed by atoms with Crippen molar-refractivity contribution >= 4 is 34.7 Å². The van der Waals surface area contributed by atoms with Gasteiger partial charge in [-0.15, -0.1) is 0 Å². The highest BCUT2D eigenvalue weighted by Crippen LogP contribution is 2.19. The summed E-state index contributed by atoms with van der Waals surface area (Å²) in [7, 11) is 0. The highest BCUT2D eigenvalue weighted by Gasteiger charge is 2.09. The molecule has 0 atom stereocenters. The van der Waals surface area contributed by atoms with Crippen LogP contribution in [0.25, 0.3) is 0 Å². The summed E-state index contributed by atoms with van der Waals surface area (Å²) >= 11 is 5.95. The third-order valence-electron chi connectivity index (χ3n) is 3.75. The minimum absolute atomic E-state index is 0.245. The summed E-state index contributed by atoms with van der Waals surface area (Å²) in [6, 6.07) is 13.0. The zero-order valence-electron chi connectivity index (χ0n) is 13.9. The van der Waals surface area contributed by atoms with Gasteiger partial charge in [0.25, 0.3) is 5.91 Å². The van der Waals surface area contributed by atoms with Crippen molar-refractivity contribution in [1.82, 2.24) is 9.97 Å². The Bertz CT molecular complexity index is 910. The molecular weight excluding hydrogens is 336 g/mol. The Balaban J connectivity index is 1.68. The van der Waals surface area contributed by atoms with Gasteiger partial charge in [-0.2, -0.15) is 0 Å². The summed E-state index contributed by atoms with van der Waals surface area (Å²) < 4.78 is 0. The summed E-state index contributed by atoms with van der Waals surface area (Å²) in [6.07, 6.45) is 2.94. The van der Waals surface area contributed by atoms with Crippen LogP contribution >= 0.6 is 11.6 Å². The molecule has 0 fully saturated rings. The van der Waals surface area contributed by atoms with Crippen LogP contribution in [0.5, 0.6) is 0 Å². The summed E-state index contributed by atoms with van der Waals surface area (Å²) in [5, 5.41) is 6.54. The van der Waals surface area contributed by atoms with Crippen LogP contribution in [0.15, 0.2) is 54.9 Å². The lowest BCUT2D eigenvalue weighted by Gasteiger charge is -2.08. The van der Waals surface area contributed by atoms with Gasteiger partial charge < -0.3 is 10.6 Å². The Kier molecular flexibility index (Phi) is 4.95. The number of aromatic nitrogens is 2. The lowest BCUT2D eigenvalue weighted by molar-refractivity contribution is 0.102. The lowest BCUT2D eigenvalue weighted by atomic mass is 10.1. The van der Waals surface area contributed by atoms with Crippen LogP contribution in [0.1, 0.15) is 21.6 Å². The van der Waals surface area contributed by atoms with Gasteiger partial charge in [0.05, 0.1) is 12.4 Å². The van der Waals surface area contributed by atoms with E-state index in [1.54, 1.807) is 12.1 Å². The van der Waals surface area contributed by atoms with E-state index in [-0.39, 0.29) is 11.6 Å². The van der Waals surface area contributed by atoms with E-state index in [4.69, 9.17) is 11.6 Å². The molecule has 3 aromatic rings. The van der Waals surface area contributed by atoms with Gasteiger partial charge in [-0.25, -0.2) is 9.97 Å². The first-order chi connectivity index (χ1) is 12.0. The maximum atomic E-state index is 12.3. The predicted octanol–water partition coefficient (Wildman–Crippen LogP) is 4.74. The van der Waals surface area contributed by atoms with Crippen molar-refractivity contribution in [3.05, 3.63) is 76.7 Å². The fraction of sp³-hybridized carbons (Fsp3) is 0.105. The first-order valence-electron chi connectivity index (χ1n) is 7.74. The maximum absolute atomic E-state index is 12.3. The maximum Gasteiger partial charge on any atom is 0.275 e. The molecule has 0 aliphatic heterocycles. The number of carbonyl (C=O) groups excluding carboxylic acids is 1. The van der Waals surface area contributed by atoms with Gasteiger partial charge in [0.2, 0.25) is 0 Å². The molecule has 0 radical (unpaired) electrons. The summed E-state index contributed by atoms with van der Waals surface area (Å²) in [5.74, 6) is 0.232. The highest BCUT2D eigenvalue weighted by atomic mass is 35.5. The molecule has 2 aromatic carbocycles.